The van der Waals surface area contributed by atoms with Crippen molar-refractivity contribution in [3.63, 3.8) is 0 Å². The predicted octanol–water partition coefficient (Wildman–Crippen LogP) is 4.09. The van der Waals surface area contributed by atoms with Gasteiger partial charge >= 0.3 is 11.9 Å². The molecule has 0 saturated carbocycles. The van der Waals surface area contributed by atoms with E-state index in [1.54, 1.807) is 38.1 Å². The molecule has 1 heterocycles. The fourth-order valence-corrected chi connectivity index (χ4v) is 5.60. The minimum absolute atomic E-state index is 0.148. The second kappa shape index (κ2) is 13.6. The topological polar surface area (TPSA) is 142 Å². The molecule has 0 radical (unpaired) electrons. The van der Waals surface area contributed by atoms with Gasteiger partial charge < -0.3 is 14.9 Å². The molecule has 1 aliphatic heterocycles. The summed E-state index contributed by atoms with van der Waals surface area (Å²) in [5.74, 6) is -6.73. The SMILES string of the molecule is CNO[C@](C(=O)O)(C(=O)c1ccc(C)cc1)[C@@](O[C@H]1CN(Cc2ccccc2)CC[C@H]1C)(C(=O)O)C(=O)c1ccc(C)cc1. The smallest absolute Gasteiger partial charge is 0.350 e. The first-order chi connectivity index (χ1) is 21.0. The average Bonchev–Trinajstić information content (AvgIpc) is 3.00. The number of carboxylic acids is 2. The predicted molar refractivity (Wildman–Crippen MR) is 162 cm³/mol. The maximum atomic E-state index is 14.5. The summed E-state index contributed by atoms with van der Waals surface area (Å²) in [7, 11) is 1.19. The Bertz CT molecular complexity index is 1490. The lowest BCUT2D eigenvalue weighted by Crippen LogP contribution is -2.75. The molecule has 0 unspecified atom stereocenters. The van der Waals surface area contributed by atoms with Crippen LogP contribution < -0.4 is 5.48 Å². The van der Waals surface area contributed by atoms with Crippen molar-refractivity contribution < 1.29 is 39.0 Å². The molecule has 232 valence electrons. The molecule has 0 bridgehead atoms. The highest BCUT2D eigenvalue weighted by Crippen LogP contribution is 2.40. The number of Topliss-reactive ketones (excluding diaryl/α,β-unsaturated/α-hetero) is 2. The van der Waals surface area contributed by atoms with Crippen LogP contribution in [0.25, 0.3) is 0 Å². The van der Waals surface area contributed by atoms with E-state index in [1.807, 2.05) is 42.2 Å². The number of nitrogens with zero attached hydrogens (tertiary/aromatic N) is 1. The van der Waals surface area contributed by atoms with Crippen LogP contribution in [0.5, 0.6) is 0 Å². The Morgan fingerprint density at radius 2 is 1.32 bits per heavy atom. The number of nitrogens with one attached hydrogen (secondary N) is 1. The van der Waals surface area contributed by atoms with E-state index >= 15 is 0 Å². The molecule has 10 heteroatoms. The first kappa shape index (κ1) is 32.7. The van der Waals surface area contributed by atoms with Gasteiger partial charge in [0.05, 0.1) is 6.10 Å². The zero-order chi connectivity index (χ0) is 32.1. The van der Waals surface area contributed by atoms with E-state index in [4.69, 9.17) is 9.57 Å². The fourth-order valence-electron chi connectivity index (χ4n) is 5.60. The van der Waals surface area contributed by atoms with Gasteiger partial charge in [0, 0.05) is 31.3 Å². The van der Waals surface area contributed by atoms with Crippen molar-refractivity contribution in [1.82, 2.24) is 10.4 Å². The molecule has 1 aliphatic rings. The Kier molecular flexibility index (Phi) is 10.1. The minimum atomic E-state index is -3.37. The van der Waals surface area contributed by atoms with Crippen LogP contribution in [0, 0.1) is 19.8 Å². The summed E-state index contributed by atoms with van der Waals surface area (Å²) < 4.78 is 6.36. The number of carboxylic acid groups (broad SMARTS) is 2. The fraction of sp³-hybridized carbons (Fsp3) is 0.353. The molecular formula is C34H38N2O8. The number of benzene rings is 3. The number of rotatable bonds is 13. The van der Waals surface area contributed by atoms with Crippen molar-refractivity contribution in [2.75, 3.05) is 20.1 Å². The van der Waals surface area contributed by atoms with E-state index < -0.39 is 40.8 Å². The largest absolute Gasteiger partial charge is 0.479 e. The number of likely N-dealkylation sites (tertiary alicyclic amines) is 1. The Hall–Kier alpha value is -4.22. The van der Waals surface area contributed by atoms with Crippen molar-refractivity contribution >= 4 is 23.5 Å². The molecule has 4 atom stereocenters. The monoisotopic (exact) mass is 602 g/mol. The highest BCUT2D eigenvalue weighted by atomic mass is 16.7. The number of carbonyl (C=O) groups excluding carboxylic acids is 2. The van der Waals surface area contributed by atoms with Crippen LogP contribution in [-0.2, 0) is 25.7 Å². The first-order valence-corrected chi connectivity index (χ1v) is 14.4. The van der Waals surface area contributed by atoms with E-state index in [0.717, 1.165) is 16.7 Å². The number of hydrogen-bond acceptors (Lipinski definition) is 8. The van der Waals surface area contributed by atoms with Crippen LogP contribution in [-0.4, -0.2) is 76.1 Å². The van der Waals surface area contributed by atoms with Crippen LogP contribution in [0.2, 0.25) is 0 Å². The highest BCUT2D eigenvalue weighted by molar-refractivity contribution is 6.28. The lowest BCUT2D eigenvalue weighted by atomic mass is 9.72. The summed E-state index contributed by atoms with van der Waals surface area (Å²) in [6.07, 6.45) is -0.381. The Morgan fingerprint density at radius 1 is 0.818 bits per heavy atom. The van der Waals surface area contributed by atoms with Gasteiger partial charge in [-0.05, 0) is 38.3 Å². The summed E-state index contributed by atoms with van der Waals surface area (Å²) in [6.45, 7) is 6.78. The lowest BCUT2D eigenvalue weighted by Gasteiger charge is -2.46. The van der Waals surface area contributed by atoms with Gasteiger partial charge in [-0.15, -0.1) is 0 Å². The standard InChI is InChI=1S/C34H38N2O8/c1-22-10-14-26(15-11-22)29(37)33(31(39)40,34(32(41)42,44-35-4)30(38)27-16-12-23(2)13-17-27)43-28-21-36(19-18-24(28)3)20-25-8-6-5-7-9-25/h5-17,24,28,35H,18-21H2,1-4H3,(H,39,40)(H,41,42)/t24-,28+,33+,34+/m1/s1. The summed E-state index contributed by atoms with van der Waals surface area (Å²) in [5.41, 5.74) is -2.22. The summed E-state index contributed by atoms with van der Waals surface area (Å²) >= 11 is 0. The second-order valence-corrected chi connectivity index (χ2v) is 11.3. The molecule has 3 aromatic rings. The van der Waals surface area contributed by atoms with Crippen LogP contribution in [0.3, 0.4) is 0 Å². The highest BCUT2D eigenvalue weighted by Gasteiger charge is 2.74. The third-order valence-corrected chi connectivity index (χ3v) is 8.17. The normalized spacial score (nSPS) is 19.8. The molecule has 0 spiro atoms. The van der Waals surface area contributed by atoms with Gasteiger partial charge in [0.25, 0.3) is 11.2 Å². The maximum Gasteiger partial charge on any atom is 0.350 e. The van der Waals surface area contributed by atoms with Crippen molar-refractivity contribution in [2.24, 2.45) is 5.92 Å². The van der Waals surface area contributed by atoms with Gasteiger partial charge in [0.15, 0.2) is 0 Å². The number of hydrogen-bond donors (Lipinski definition) is 3. The molecule has 0 amide bonds. The van der Waals surface area contributed by atoms with E-state index in [9.17, 15) is 29.4 Å². The zero-order valence-electron chi connectivity index (χ0n) is 25.3. The van der Waals surface area contributed by atoms with Crippen molar-refractivity contribution in [2.45, 2.75) is 51.0 Å². The molecule has 10 nitrogen and oxygen atoms in total. The number of piperidine rings is 1. The second-order valence-electron chi connectivity index (χ2n) is 11.3. The number of aliphatic carboxylic acids is 2. The van der Waals surface area contributed by atoms with Crippen LogP contribution in [0.1, 0.15) is 50.8 Å². The number of aryl methyl sites for hydroxylation is 2. The Morgan fingerprint density at radius 3 is 1.80 bits per heavy atom. The third-order valence-electron chi connectivity index (χ3n) is 8.17. The number of ketones is 2. The number of carbonyl (C=O) groups is 4. The quantitative estimate of drug-likeness (QED) is 0.149. The van der Waals surface area contributed by atoms with E-state index in [1.165, 1.54) is 31.3 Å². The summed E-state index contributed by atoms with van der Waals surface area (Å²) in [4.78, 5) is 63.4. The molecular weight excluding hydrogens is 564 g/mol. The zero-order valence-corrected chi connectivity index (χ0v) is 25.3. The van der Waals surface area contributed by atoms with Gasteiger partial charge in [-0.1, -0.05) is 96.9 Å². The Balaban J connectivity index is 1.92. The molecule has 3 N–H and O–H groups in total. The van der Waals surface area contributed by atoms with Crippen LogP contribution in [0.15, 0.2) is 78.9 Å². The van der Waals surface area contributed by atoms with E-state index in [0.29, 0.717) is 19.5 Å². The molecule has 3 aromatic carbocycles. The molecule has 0 aromatic heterocycles. The Labute approximate surface area is 256 Å². The average molecular weight is 603 g/mol. The van der Waals surface area contributed by atoms with Crippen LogP contribution in [0.4, 0.5) is 0 Å². The van der Waals surface area contributed by atoms with E-state index in [-0.39, 0.29) is 23.6 Å². The number of hydroxylamine groups is 1. The van der Waals surface area contributed by atoms with Crippen LogP contribution >= 0.6 is 0 Å². The van der Waals surface area contributed by atoms with Gasteiger partial charge in [-0.25, -0.2) is 15.1 Å². The van der Waals surface area contributed by atoms with E-state index in [2.05, 4.69) is 5.48 Å². The van der Waals surface area contributed by atoms with Crippen molar-refractivity contribution in [3.8, 4) is 0 Å². The minimum Gasteiger partial charge on any atom is -0.479 e. The first-order valence-electron chi connectivity index (χ1n) is 14.4. The summed E-state index contributed by atoms with van der Waals surface area (Å²) in [6, 6.07) is 21.5. The molecule has 44 heavy (non-hydrogen) atoms. The van der Waals surface area contributed by atoms with Crippen molar-refractivity contribution in [1.29, 1.82) is 0 Å². The molecule has 1 fully saturated rings. The number of ether oxygens (including phenoxy) is 1. The molecule has 1 saturated heterocycles. The lowest BCUT2D eigenvalue weighted by molar-refractivity contribution is -0.230. The molecule has 0 aliphatic carbocycles. The maximum absolute atomic E-state index is 14.5. The van der Waals surface area contributed by atoms with Gasteiger partial charge in [0.2, 0.25) is 11.6 Å². The van der Waals surface area contributed by atoms with Crippen molar-refractivity contribution in [3.05, 3.63) is 107 Å². The third kappa shape index (κ3) is 6.20. The van der Waals surface area contributed by atoms with Gasteiger partial charge in [-0.3, -0.25) is 19.3 Å². The summed E-state index contributed by atoms with van der Waals surface area (Å²) in [5, 5.41) is 21.8. The van der Waals surface area contributed by atoms with Gasteiger partial charge in [-0.2, -0.15) is 0 Å². The molecule has 4 rings (SSSR count). The van der Waals surface area contributed by atoms with Gasteiger partial charge in [0.1, 0.15) is 0 Å².